The zero-order chi connectivity index (χ0) is 18.5. The Morgan fingerprint density at radius 3 is 2.50 bits per heavy atom. The fourth-order valence-corrected chi connectivity index (χ4v) is 3.11. The molecule has 0 radical (unpaired) electrons. The number of rotatable bonds is 2. The number of nitrogens with one attached hydrogen (secondary N) is 1. The number of aryl methyl sites for hydroxylation is 1. The van der Waals surface area contributed by atoms with Crippen LogP contribution in [0.5, 0.6) is 0 Å². The van der Waals surface area contributed by atoms with Crippen LogP contribution in [-0.2, 0) is 4.79 Å². The first-order valence-corrected chi connectivity index (χ1v) is 8.21. The summed E-state index contributed by atoms with van der Waals surface area (Å²) in [5.74, 6) is -2.70. The minimum absolute atomic E-state index is 0.0619. The van der Waals surface area contributed by atoms with Crippen molar-refractivity contribution in [3.8, 4) is 0 Å². The zero-order valence-electron chi connectivity index (χ0n) is 13.0. The quantitative estimate of drug-likeness (QED) is 0.815. The Morgan fingerprint density at radius 2 is 2.08 bits per heavy atom. The second-order valence-corrected chi connectivity index (χ2v) is 6.58. The lowest BCUT2D eigenvalue weighted by Gasteiger charge is -2.33. The number of thiazole rings is 1. The van der Waals surface area contributed by atoms with Crippen molar-refractivity contribution in [1.29, 1.82) is 0 Å². The molecule has 1 aliphatic rings. The normalized spacial score (nSPS) is 17.9. The molecule has 1 amide bonds. The van der Waals surface area contributed by atoms with E-state index in [0.717, 1.165) is 31.7 Å². The highest BCUT2D eigenvalue weighted by atomic mass is 35.5. The lowest BCUT2D eigenvalue weighted by molar-refractivity contribution is -0.192. The number of carboxylic acid groups (broad SMARTS) is 1. The monoisotopic (exact) mass is 387 g/mol. The molecule has 1 aromatic heterocycles. The van der Waals surface area contributed by atoms with Gasteiger partial charge in [0.25, 0.3) is 5.91 Å². The van der Waals surface area contributed by atoms with Gasteiger partial charge in [0.05, 0.1) is 5.69 Å². The van der Waals surface area contributed by atoms with E-state index in [-0.39, 0.29) is 5.91 Å². The minimum atomic E-state index is -5.08. The molecule has 2 N–H and O–H groups in total. The maximum absolute atomic E-state index is 12.3. The van der Waals surface area contributed by atoms with Crippen LogP contribution in [0.15, 0.2) is 0 Å². The van der Waals surface area contributed by atoms with Crippen molar-refractivity contribution in [3.05, 3.63) is 15.0 Å². The van der Waals surface area contributed by atoms with Gasteiger partial charge in [-0.15, -0.1) is 0 Å². The second kappa shape index (κ2) is 8.63. The highest BCUT2D eigenvalue weighted by Gasteiger charge is 2.38. The molecule has 0 aliphatic carbocycles. The predicted octanol–water partition coefficient (Wildman–Crippen LogP) is 2.56. The van der Waals surface area contributed by atoms with E-state index >= 15 is 0 Å². The highest BCUT2D eigenvalue weighted by Crippen LogP contribution is 2.24. The number of carbonyl (C=O) groups is 2. The lowest BCUT2D eigenvalue weighted by Crippen LogP contribution is -2.52. The van der Waals surface area contributed by atoms with Crippen LogP contribution in [0.3, 0.4) is 0 Å². The number of carboxylic acids is 1. The van der Waals surface area contributed by atoms with Gasteiger partial charge in [0.2, 0.25) is 0 Å². The molecule has 2 rings (SSSR count). The summed E-state index contributed by atoms with van der Waals surface area (Å²) in [6, 6.07) is 0.399. The fourth-order valence-electron chi connectivity index (χ4n) is 1.99. The van der Waals surface area contributed by atoms with E-state index in [0.29, 0.717) is 15.4 Å². The molecule has 1 fully saturated rings. The number of alkyl halides is 3. The minimum Gasteiger partial charge on any atom is -0.475 e. The Labute approximate surface area is 145 Å². The molecular weight excluding hydrogens is 371 g/mol. The van der Waals surface area contributed by atoms with Crippen LogP contribution < -0.4 is 5.32 Å². The van der Waals surface area contributed by atoms with Gasteiger partial charge >= 0.3 is 12.1 Å². The van der Waals surface area contributed by atoms with Crippen molar-refractivity contribution in [1.82, 2.24) is 15.2 Å². The maximum Gasteiger partial charge on any atom is 0.490 e. The molecule has 1 aliphatic heterocycles. The van der Waals surface area contributed by atoms with E-state index in [9.17, 15) is 18.0 Å². The standard InChI is InChI=1S/C11H16ClN3OS.C2HF3O2/c1-3-8-6-15(5-4-13-8)10(16)9-7(2)14-11(12)17-9;3-2(4,5)1(6)7/h8,13H,3-6H2,1-2H3;(H,6,7)/t8-;/m1./s1. The average molecular weight is 388 g/mol. The third-order valence-electron chi connectivity index (χ3n) is 3.24. The molecule has 0 bridgehead atoms. The second-order valence-electron chi connectivity index (χ2n) is 4.99. The van der Waals surface area contributed by atoms with E-state index in [4.69, 9.17) is 21.5 Å². The molecule has 0 spiro atoms. The fraction of sp³-hybridized carbons (Fsp3) is 0.615. The van der Waals surface area contributed by atoms with Gasteiger partial charge in [-0.1, -0.05) is 29.9 Å². The number of aliphatic carboxylic acids is 1. The molecule has 1 atom stereocenters. The van der Waals surface area contributed by atoms with Crippen LogP contribution in [0.25, 0.3) is 0 Å². The molecule has 11 heteroatoms. The number of nitrogens with zero attached hydrogens (tertiary/aromatic N) is 2. The Hall–Kier alpha value is -1.39. The summed E-state index contributed by atoms with van der Waals surface area (Å²) in [6.45, 7) is 6.33. The van der Waals surface area contributed by atoms with Gasteiger partial charge in [0, 0.05) is 25.7 Å². The van der Waals surface area contributed by atoms with E-state index in [2.05, 4.69) is 17.2 Å². The molecule has 24 heavy (non-hydrogen) atoms. The SMILES string of the molecule is CC[C@@H]1CN(C(=O)c2sc(Cl)nc2C)CCN1.O=C(O)C(F)(F)F. The van der Waals surface area contributed by atoms with Gasteiger partial charge in [-0.05, 0) is 13.3 Å². The van der Waals surface area contributed by atoms with Gasteiger partial charge in [-0.2, -0.15) is 13.2 Å². The number of piperazine rings is 1. The molecule has 6 nitrogen and oxygen atoms in total. The molecule has 1 aromatic rings. The number of aromatic nitrogens is 1. The largest absolute Gasteiger partial charge is 0.490 e. The average Bonchev–Trinajstić information content (AvgIpc) is 2.85. The summed E-state index contributed by atoms with van der Waals surface area (Å²) in [7, 11) is 0. The van der Waals surface area contributed by atoms with Gasteiger partial charge in [0.1, 0.15) is 4.88 Å². The first kappa shape index (κ1) is 20.7. The molecule has 0 aromatic carbocycles. The van der Waals surface area contributed by atoms with Crippen LogP contribution in [0, 0.1) is 6.92 Å². The van der Waals surface area contributed by atoms with Gasteiger partial charge in [0.15, 0.2) is 4.47 Å². The van der Waals surface area contributed by atoms with Gasteiger partial charge in [-0.3, -0.25) is 4.79 Å². The van der Waals surface area contributed by atoms with Crippen LogP contribution in [-0.4, -0.2) is 58.7 Å². The summed E-state index contributed by atoms with van der Waals surface area (Å²) in [5.41, 5.74) is 0.733. The van der Waals surface area contributed by atoms with Crippen LogP contribution in [0.4, 0.5) is 13.2 Å². The summed E-state index contributed by atoms with van der Waals surface area (Å²) < 4.78 is 32.2. The van der Waals surface area contributed by atoms with Crippen LogP contribution in [0.1, 0.15) is 28.7 Å². The maximum atomic E-state index is 12.3. The summed E-state index contributed by atoms with van der Waals surface area (Å²) in [6.07, 6.45) is -4.05. The van der Waals surface area contributed by atoms with Crippen molar-refractivity contribution in [2.75, 3.05) is 19.6 Å². The van der Waals surface area contributed by atoms with Gasteiger partial charge in [-0.25, -0.2) is 9.78 Å². The lowest BCUT2D eigenvalue weighted by atomic mass is 10.1. The summed E-state index contributed by atoms with van der Waals surface area (Å²) >= 11 is 7.10. The van der Waals surface area contributed by atoms with Crippen molar-refractivity contribution < 1.29 is 27.9 Å². The van der Waals surface area contributed by atoms with Crippen molar-refractivity contribution in [3.63, 3.8) is 0 Å². The Balaban J connectivity index is 0.000000351. The first-order chi connectivity index (χ1) is 11.1. The van der Waals surface area contributed by atoms with E-state index in [1.54, 1.807) is 0 Å². The molecule has 1 saturated heterocycles. The number of halogens is 4. The van der Waals surface area contributed by atoms with E-state index < -0.39 is 12.1 Å². The molecule has 136 valence electrons. The van der Waals surface area contributed by atoms with Crippen LogP contribution >= 0.6 is 22.9 Å². The molecular formula is C13H17ClF3N3O3S. The van der Waals surface area contributed by atoms with E-state index in [1.807, 2.05) is 11.8 Å². The third-order valence-corrected chi connectivity index (χ3v) is 4.49. The van der Waals surface area contributed by atoms with Gasteiger partial charge < -0.3 is 15.3 Å². The van der Waals surface area contributed by atoms with Crippen LogP contribution in [0.2, 0.25) is 4.47 Å². The molecule has 2 heterocycles. The summed E-state index contributed by atoms with van der Waals surface area (Å²) in [5, 5.41) is 10.5. The number of carbonyl (C=O) groups excluding carboxylic acids is 1. The number of amides is 1. The van der Waals surface area contributed by atoms with Crippen molar-refractivity contribution >= 4 is 34.8 Å². The Morgan fingerprint density at radius 1 is 1.50 bits per heavy atom. The highest BCUT2D eigenvalue weighted by molar-refractivity contribution is 7.17. The third kappa shape index (κ3) is 5.91. The topological polar surface area (TPSA) is 82.5 Å². The summed E-state index contributed by atoms with van der Waals surface area (Å²) in [4.78, 5) is 27.9. The smallest absolute Gasteiger partial charge is 0.475 e. The number of hydrogen-bond donors (Lipinski definition) is 2. The predicted molar refractivity (Wildman–Crippen MR) is 83.5 cm³/mol. The van der Waals surface area contributed by atoms with E-state index in [1.165, 1.54) is 11.3 Å². The Bertz CT molecular complexity index is 595. The first-order valence-electron chi connectivity index (χ1n) is 7.02. The number of hydrogen-bond acceptors (Lipinski definition) is 5. The molecule has 0 unspecified atom stereocenters. The van der Waals surface area contributed by atoms with Crippen molar-refractivity contribution in [2.45, 2.75) is 32.5 Å². The Kier molecular flexibility index (Phi) is 7.43. The zero-order valence-corrected chi connectivity index (χ0v) is 14.6. The molecule has 0 saturated carbocycles. The van der Waals surface area contributed by atoms with Crippen molar-refractivity contribution in [2.24, 2.45) is 0 Å².